The van der Waals surface area contributed by atoms with Gasteiger partial charge >= 0.3 is 0 Å². The van der Waals surface area contributed by atoms with Crippen molar-refractivity contribution in [2.75, 3.05) is 31.5 Å². The van der Waals surface area contributed by atoms with Crippen LogP contribution in [0.1, 0.15) is 55.7 Å². The van der Waals surface area contributed by atoms with Gasteiger partial charge in [-0.2, -0.15) is 0 Å². The summed E-state index contributed by atoms with van der Waals surface area (Å²) in [5, 5.41) is 8.64. The van der Waals surface area contributed by atoms with Gasteiger partial charge in [0.05, 0.1) is 12.2 Å². The fourth-order valence-electron chi connectivity index (χ4n) is 4.48. The van der Waals surface area contributed by atoms with Crippen LogP contribution in [0, 0.1) is 26.7 Å². The van der Waals surface area contributed by atoms with Crippen LogP contribution in [0.25, 0.3) is 11.3 Å². The minimum absolute atomic E-state index is 0.0503. The Hall–Kier alpha value is -2.25. The van der Waals surface area contributed by atoms with Crippen LogP contribution in [0.15, 0.2) is 17.5 Å². The molecule has 0 aliphatic carbocycles. The first-order chi connectivity index (χ1) is 15.4. The monoisotopic (exact) mass is 456 g/mol. The molecule has 2 aromatic rings. The third kappa shape index (κ3) is 6.62. The first-order valence-corrected chi connectivity index (χ1v) is 12.6. The predicted molar refractivity (Wildman–Crippen MR) is 132 cm³/mol. The molecule has 0 saturated carbocycles. The Bertz CT molecular complexity index is 909. The molecule has 1 aromatic heterocycles. The molecule has 3 rings (SSSR count). The van der Waals surface area contributed by atoms with Gasteiger partial charge in [-0.1, -0.05) is 37.5 Å². The Morgan fingerprint density at radius 1 is 1.12 bits per heavy atom. The van der Waals surface area contributed by atoms with E-state index in [1.165, 1.54) is 28.0 Å². The SMILES string of the molecule is CCCCCNC(=O)C1CCN(CC(=O)Nc2nc(-c3c(C)cc(C)cc3C)cs2)CC1. The van der Waals surface area contributed by atoms with E-state index >= 15 is 0 Å². The summed E-state index contributed by atoms with van der Waals surface area (Å²) in [5.41, 5.74) is 5.68. The van der Waals surface area contributed by atoms with E-state index in [0.717, 1.165) is 63.0 Å². The summed E-state index contributed by atoms with van der Waals surface area (Å²) < 4.78 is 0. The molecule has 6 nitrogen and oxygen atoms in total. The summed E-state index contributed by atoms with van der Waals surface area (Å²) in [6.07, 6.45) is 4.96. The third-order valence-corrected chi connectivity index (χ3v) is 6.85. The minimum atomic E-state index is -0.0503. The quantitative estimate of drug-likeness (QED) is 0.537. The van der Waals surface area contributed by atoms with E-state index in [2.05, 4.69) is 60.3 Å². The summed E-state index contributed by atoms with van der Waals surface area (Å²) in [7, 11) is 0. The Labute approximate surface area is 195 Å². The average molecular weight is 457 g/mol. The van der Waals surface area contributed by atoms with Crippen molar-refractivity contribution >= 4 is 28.3 Å². The molecule has 1 fully saturated rings. The highest BCUT2D eigenvalue weighted by atomic mass is 32.1. The van der Waals surface area contributed by atoms with E-state index in [1.54, 1.807) is 0 Å². The lowest BCUT2D eigenvalue weighted by Crippen LogP contribution is -2.43. The molecule has 1 aliphatic heterocycles. The standard InChI is InChI=1S/C25H36N4O2S/c1-5-6-7-10-26-24(31)20-8-11-29(12-9-20)15-22(30)28-25-27-21(16-32-25)23-18(3)13-17(2)14-19(23)4/h13-14,16,20H,5-12,15H2,1-4H3,(H,26,31)(H,27,28,30). The third-order valence-electron chi connectivity index (χ3n) is 6.09. The van der Waals surface area contributed by atoms with Crippen LogP contribution < -0.4 is 10.6 Å². The van der Waals surface area contributed by atoms with E-state index < -0.39 is 0 Å². The number of thiazole rings is 1. The second-order valence-electron chi connectivity index (χ2n) is 8.91. The number of carbonyl (C=O) groups excluding carboxylic acids is 2. The van der Waals surface area contributed by atoms with Crippen molar-refractivity contribution in [1.29, 1.82) is 0 Å². The first kappa shape index (κ1) is 24.4. The Morgan fingerprint density at radius 3 is 2.47 bits per heavy atom. The Morgan fingerprint density at radius 2 is 1.81 bits per heavy atom. The number of likely N-dealkylation sites (tertiary alicyclic amines) is 1. The van der Waals surface area contributed by atoms with Crippen molar-refractivity contribution in [3.05, 3.63) is 34.2 Å². The van der Waals surface area contributed by atoms with Crippen molar-refractivity contribution in [3.8, 4) is 11.3 Å². The van der Waals surface area contributed by atoms with E-state index in [0.29, 0.717) is 11.7 Å². The van der Waals surface area contributed by atoms with Crippen LogP contribution in [0.2, 0.25) is 0 Å². The maximum absolute atomic E-state index is 12.6. The molecule has 0 radical (unpaired) electrons. The van der Waals surface area contributed by atoms with Crippen molar-refractivity contribution in [2.45, 2.75) is 59.8 Å². The summed E-state index contributed by atoms with van der Waals surface area (Å²) in [6, 6.07) is 4.32. The molecule has 1 saturated heterocycles. The van der Waals surface area contributed by atoms with E-state index in [9.17, 15) is 9.59 Å². The molecular formula is C25H36N4O2S. The van der Waals surface area contributed by atoms with Gasteiger partial charge in [-0.3, -0.25) is 14.5 Å². The summed E-state index contributed by atoms with van der Waals surface area (Å²) >= 11 is 1.46. The van der Waals surface area contributed by atoms with Crippen molar-refractivity contribution < 1.29 is 9.59 Å². The van der Waals surface area contributed by atoms with Crippen LogP contribution in [0.5, 0.6) is 0 Å². The number of hydrogen-bond donors (Lipinski definition) is 2. The molecule has 0 unspecified atom stereocenters. The number of unbranched alkanes of at least 4 members (excludes halogenated alkanes) is 2. The van der Waals surface area contributed by atoms with E-state index in [4.69, 9.17) is 0 Å². The lowest BCUT2D eigenvalue weighted by atomic mass is 9.96. The maximum Gasteiger partial charge on any atom is 0.240 e. The second kappa shape index (κ2) is 11.6. The zero-order valence-corrected chi connectivity index (χ0v) is 20.6. The number of rotatable bonds is 9. The molecule has 2 amide bonds. The number of amides is 2. The highest BCUT2D eigenvalue weighted by Gasteiger charge is 2.25. The fraction of sp³-hybridized carbons (Fsp3) is 0.560. The number of piperidine rings is 1. The maximum atomic E-state index is 12.6. The molecular weight excluding hydrogens is 420 g/mol. The zero-order valence-electron chi connectivity index (χ0n) is 19.8. The Balaban J connectivity index is 1.46. The van der Waals surface area contributed by atoms with Gasteiger partial charge in [0.1, 0.15) is 0 Å². The number of carbonyl (C=O) groups is 2. The molecule has 174 valence electrons. The second-order valence-corrected chi connectivity index (χ2v) is 9.77. The summed E-state index contributed by atoms with van der Waals surface area (Å²) in [4.78, 5) is 31.6. The van der Waals surface area contributed by atoms with Crippen molar-refractivity contribution in [2.24, 2.45) is 5.92 Å². The fourth-order valence-corrected chi connectivity index (χ4v) is 5.19. The number of benzene rings is 1. The smallest absolute Gasteiger partial charge is 0.240 e. The van der Waals surface area contributed by atoms with Crippen LogP contribution in [-0.2, 0) is 9.59 Å². The van der Waals surface area contributed by atoms with E-state index in [1.807, 2.05) is 5.38 Å². The highest BCUT2D eigenvalue weighted by Crippen LogP contribution is 2.31. The van der Waals surface area contributed by atoms with Crippen LogP contribution in [0.4, 0.5) is 5.13 Å². The zero-order chi connectivity index (χ0) is 23.1. The van der Waals surface area contributed by atoms with Crippen molar-refractivity contribution in [3.63, 3.8) is 0 Å². The van der Waals surface area contributed by atoms with Crippen molar-refractivity contribution in [1.82, 2.24) is 15.2 Å². The molecule has 1 aliphatic rings. The lowest BCUT2D eigenvalue weighted by molar-refractivity contribution is -0.126. The topological polar surface area (TPSA) is 74.3 Å². The van der Waals surface area contributed by atoms with Crippen LogP contribution >= 0.6 is 11.3 Å². The molecule has 2 N–H and O–H groups in total. The van der Waals surface area contributed by atoms with Gasteiger partial charge in [0.2, 0.25) is 11.8 Å². The molecule has 0 spiro atoms. The molecule has 1 aromatic carbocycles. The van der Waals surface area contributed by atoms with Crippen LogP contribution in [0.3, 0.4) is 0 Å². The van der Waals surface area contributed by atoms with Gasteiger partial charge in [-0.15, -0.1) is 11.3 Å². The number of nitrogens with zero attached hydrogens (tertiary/aromatic N) is 2. The molecule has 2 heterocycles. The van der Waals surface area contributed by atoms with Gasteiger partial charge < -0.3 is 10.6 Å². The number of nitrogens with one attached hydrogen (secondary N) is 2. The van der Waals surface area contributed by atoms with Crippen LogP contribution in [-0.4, -0.2) is 47.9 Å². The van der Waals surface area contributed by atoms with E-state index in [-0.39, 0.29) is 17.7 Å². The van der Waals surface area contributed by atoms with Gasteiger partial charge in [-0.05, 0) is 64.3 Å². The molecule has 0 bridgehead atoms. The summed E-state index contributed by atoms with van der Waals surface area (Å²) in [5.74, 6) is 0.186. The number of hydrogen-bond acceptors (Lipinski definition) is 5. The normalized spacial score (nSPS) is 15.0. The molecule has 32 heavy (non-hydrogen) atoms. The minimum Gasteiger partial charge on any atom is -0.356 e. The van der Waals surface area contributed by atoms with Gasteiger partial charge in [0.15, 0.2) is 5.13 Å². The first-order valence-electron chi connectivity index (χ1n) is 11.7. The molecule has 7 heteroatoms. The number of aryl methyl sites for hydroxylation is 3. The molecule has 0 atom stereocenters. The summed E-state index contributed by atoms with van der Waals surface area (Å²) in [6.45, 7) is 11.1. The average Bonchev–Trinajstić information content (AvgIpc) is 3.18. The highest BCUT2D eigenvalue weighted by molar-refractivity contribution is 7.14. The predicted octanol–water partition coefficient (Wildman–Crippen LogP) is 4.69. The lowest BCUT2D eigenvalue weighted by Gasteiger charge is -2.30. The Kier molecular flexibility index (Phi) is 8.82. The van der Waals surface area contributed by atoms with Gasteiger partial charge in [0.25, 0.3) is 0 Å². The number of anilines is 1. The van der Waals surface area contributed by atoms with Gasteiger partial charge in [0, 0.05) is 23.4 Å². The number of aromatic nitrogens is 1. The van der Waals surface area contributed by atoms with Gasteiger partial charge in [-0.25, -0.2) is 4.98 Å². The largest absolute Gasteiger partial charge is 0.356 e.